The van der Waals surface area contributed by atoms with Crippen molar-refractivity contribution in [3.63, 3.8) is 0 Å². The Labute approximate surface area is 88.9 Å². The molecule has 0 aliphatic rings. The van der Waals surface area contributed by atoms with Gasteiger partial charge in [0, 0.05) is 5.37 Å². The van der Waals surface area contributed by atoms with Crippen LogP contribution in [0.5, 0.6) is 0 Å². The maximum Gasteiger partial charge on any atom is 0.419 e. The number of rotatable bonds is 2. The van der Waals surface area contributed by atoms with Gasteiger partial charge in [0.1, 0.15) is 5.82 Å². The van der Waals surface area contributed by atoms with Crippen molar-refractivity contribution >= 4 is 17.6 Å². The molecule has 0 spiro atoms. The maximum absolute atomic E-state index is 13.0. The number of thiocarbonyl (C=S) groups is 1. The number of hydrogen-bond donors (Lipinski definition) is 1. The van der Waals surface area contributed by atoms with Gasteiger partial charge in [-0.3, -0.25) is 0 Å². The van der Waals surface area contributed by atoms with E-state index >= 15 is 0 Å². The number of alkyl halides is 3. The highest BCUT2D eigenvalue weighted by Crippen LogP contribution is 2.32. The highest BCUT2D eigenvalue weighted by Gasteiger charge is 2.34. The molecule has 0 amide bonds. The summed E-state index contributed by atoms with van der Waals surface area (Å²) in [5, 5.41) is 1.15. The second kappa shape index (κ2) is 4.24. The van der Waals surface area contributed by atoms with Crippen LogP contribution in [0.15, 0.2) is 18.2 Å². The first-order chi connectivity index (χ1) is 6.86. The van der Waals surface area contributed by atoms with E-state index in [0.29, 0.717) is 6.07 Å². The van der Waals surface area contributed by atoms with Gasteiger partial charge in [-0.15, -0.1) is 0 Å². The molecule has 1 unspecified atom stereocenters. The number of halogens is 4. The van der Waals surface area contributed by atoms with Crippen LogP contribution < -0.4 is 5.73 Å². The zero-order valence-corrected chi connectivity index (χ0v) is 8.20. The minimum absolute atomic E-state index is 0.218. The molecule has 1 atom stereocenters. The molecule has 1 rings (SSSR count). The Bertz CT molecular complexity index is 375. The second-order valence-corrected chi connectivity index (χ2v) is 3.17. The van der Waals surface area contributed by atoms with Crippen molar-refractivity contribution < 1.29 is 17.6 Å². The Morgan fingerprint density at radius 1 is 1.33 bits per heavy atom. The van der Waals surface area contributed by atoms with E-state index in [9.17, 15) is 17.6 Å². The summed E-state index contributed by atoms with van der Waals surface area (Å²) in [7, 11) is 0. The molecule has 82 valence electrons. The third-order valence-electron chi connectivity index (χ3n) is 1.83. The van der Waals surface area contributed by atoms with Gasteiger partial charge >= 0.3 is 6.18 Å². The fourth-order valence-electron chi connectivity index (χ4n) is 1.05. The molecule has 0 aliphatic heterocycles. The van der Waals surface area contributed by atoms with Crippen molar-refractivity contribution in [1.82, 2.24) is 0 Å². The second-order valence-electron chi connectivity index (χ2n) is 2.90. The lowest BCUT2D eigenvalue weighted by Crippen LogP contribution is -2.13. The fourth-order valence-corrected chi connectivity index (χ4v) is 1.20. The van der Waals surface area contributed by atoms with Crippen LogP contribution in [0.1, 0.15) is 17.2 Å². The number of nitrogens with two attached hydrogens (primary N) is 1. The first-order valence-electron chi connectivity index (χ1n) is 3.94. The summed E-state index contributed by atoms with van der Waals surface area (Å²) in [4.78, 5) is 0. The van der Waals surface area contributed by atoms with Crippen LogP contribution in [0.2, 0.25) is 0 Å². The van der Waals surface area contributed by atoms with Gasteiger partial charge in [0.25, 0.3) is 0 Å². The lowest BCUT2D eigenvalue weighted by molar-refractivity contribution is -0.140. The summed E-state index contributed by atoms with van der Waals surface area (Å²) < 4.78 is 49.5. The molecule has 0 fully saturated rings. The molecule has 6 heteroatoms. The van der Waals surface area contributed by atoms with Gasteiger partial charge < -0.3 is 5.73 Å². The van der Waals surface area contributed by atoms with Crippen LogP contribution in [0.4, 0.5) is 17.6 Å². The largest absolute Gasteiger partial charge is 0.419 e. The third-order valence-corrected chi connectivity index (χ3v) is 2.12. The average Bonchev–Trinajstić information content (AvgIpc) is 2.14. The van der Waals surface area contributed by atoms with Gasteiger partial charge in [-0.1, -0.05) is 18.3 Å². The summed E-state index contributed by atoms with van der Waals surface area (Å²) in [6.45, 7) is 0. The summed E-state index contributed by atoms with van der Waals surface area (Å²) in [5.41, 5.74) is 4.33. The molecule has 0 bridgehead atoms. The minimum atomic E-state index is -4.69. The molecule has 1 aromatic carbocycles. The van der Waals surface area contributed by atoms with Gasteiger partial charge in [0.05, 0.1) is 11.6 Å². The highest BCUT2D eigenvalue weighted by molar-refractivity contribution is 7.79. The monoisotopic (exact) mass is 237 g/mol. The Morgan fingerprint density at radius 3 is 2.33 bits per heavy atom. The van der Waals surface area contributed by atoms with E-state index in [4.69, 9.17) is 5.73 Å². The molecule has 0 saturated heterocycles. The fraction of sp³-hybridized carbons (Fsp3) is 0.222. The Balaban J connectivity index is 3.14. The lowest BCUT2D eigenvalue weighted by Gasteiger charge is -2.11. The van der Waals surface area contributed by atoms with Crippen LogP contribution in [0, 0.1) is 5.82 Å². The summed E-state index contributed by atoms with van der Waals surface area (Å²) >= 11 is 4.51. The Hall–Kier alpha value is -1.01. The molecular formula is C9H7F4NS. The molecule has 0 saturated carbocycles. The quantitative estimate of drug-likeness (QED) is 0.632. The predicted octanol–water partition coefficient (Wildman–Crippen LogP) is 2.84. The standard InChI is InChI=1S/C9H7F4NS/c10-7-3-5(8(14)4-15)1-2-6(7)9(11,12)13/h1-4,8H,14H2. The number of hydrogen-bond acceptors (Lipinski definition) is 2. The summed E-state index contributed by atoms with van der Waals surface area (Å²) in [6, 6.07) is 1.77. The van der Waals surface area contributed by atoms with Crippen LogP contribution >= 0.6 is 12.2 Å². The van der Waals surface area contributed by atoms with Gasteiger partial charge in [0.2, 0.25) is 0 Å². The van der Waals surface area contributed by atoms with E-state index in [1.165, 1.54) is 0 Å². The van der Waals surface area contributed by atoms with Crippen LogP contribution in [0.25, 0.3) is 0 Å². The SMILES string of the molecule is NC(C=S)c1ccc(C(F)(F)F)c(F)c1. The molecule has 1 aromatic rings. The molecule has 1 nitrogen and oxygen atoms in total. The van der Waals surface area contributed by atoms with Crippen molar-refractivity contribution in [1.29, 1.82) is 0 Å². The van der Waals surface area contributed by atoms with Crippen LogP contribution in [0.3, 0.4) is 0 Å². The number of benzene rings is 1. The summed E-state index contributed by atoms with van der Waals surface area (Å²) in [6.07, 6.45) is -4.69. The molecule has 0 radical (unpaired) electrons. The molecule has 0 aromatic heterocycles. The maximum atomic E-state index is 13.0. The molecule has 2 N–H and O–H groups in total. The van der Waals surface area contributed by atoms with Gasteiger partial charge in [0.15, 0.2) is 0 Å². The molecular weight excluding hydrogens is 230 g/mol. The zero-order chi connectivity index (χ0) is 11.6. The van der Waals surface area contributed by atoms with E-state index in [1.807, 2.05) is 0 Å². The van der Waals surface area contributed by atoms with Crippen molar-refractivity contribution in [2.75, 3.05) is 0 Å². The normalized spacial score (nSPS) is 13.7. The van der Waals surface area contributed by atoms with Crippen molar-refractivity contribution in [2.45, 2.75) is 12.2 Å². The topological polar surface area (TPSA) is 26.0 Å². The third kappa shape index (κ3) is 2.73. The molecule has 0 heterocycles. The van der Waals surface area contributed by atoms with Crippen molar-refractivity contribution in [3.05, 3.63) is 35.1 Å². The van der Waals surface area contributed by atoms with Gasteiger partial charge in [-0.25, -0.2) is 4.39 Å². The van der Waals surface area contributed by atoms with E-state index in [0.717, 1.165) is 17.5 Å². The van der Waals surface area contributed by atoms with Gasteiger partial charge in [-0.05, 0) is 17.7 Å². The average molecular weight is 237 g/mol. The van der Waals surface area contributed by atoms with Crippen LogP contribution in [-0.4, -0.2) is 5.37 Å². The van der Waals surface area contributed by atoms with Crippen LogP contribution in [-0.2, 0) is 6.18 Å². The molecule has 15 heavy (non-hydrogen) atoms. The van der Waals surface area contributed by atoms with E-state index in [1.54, 1.807) is 0 Å². The predicted molar refractivity (Wildman–Crippen MR) is 52.0 cm³/mol. The lowest BCUT2D eigenvalue weighted by atomic mass is 10.1. The Kier molecular flexibility index (Phi) is 3.41. The van der Waals surface area contributed by atoms with E-state index in [-0.39, 0.29) is 5.56 Å². The minimum Gasteiger partial charge on any atom is -0.320 e. The van der Waals surface area contributed by atoms with E-state index in [2.05, 4.69) is 12.2 Å². The smallest absolute Gasteiger partial charge is 0.320 e. The summed E-state index contributed by atoms with van der Waals surface area (Å²) in [5.74, 6) is -1.34. The molecule has 0 aliphatic carbocycles. The van der Waals surface area contributed by atoms with Gasteiger partial charge in [-0.2, -0.15) is 13.2 Å². The van der Waals surface area contributed by atoms with Crippen molar-refractivity contribution in [3.8, 4) is 0 Å². The highest BCUT2D eigenvalue weighted by atomic mass is 32.1. The first kappa shape index (κ1) is 12.1. The zero-order valence-electron chi connectivity index (χ0n) is 7.38. The van der Waals surface area contributed by atoms with Crippen molar-refractivity contribution in [2.24, 2.45) is 5.73 Å². The van der Waals surface area contributed by atoms with E-state index < -0.39 is 23.6 Å². The first-order valence-corrected chi connectivity index (χ1v) is 4.41. The Morgan fingerprint density at radius 2 is 1.93 bits per heavy atom.